The monoisotopic (exact) mass is 477 g/mol. The second kappa shape index (κ2) is 11.6. The Bertz CT molecular complexity index is 1200. The van der Waals surface area contributed by atoms with Crippen LogP contribution < -0.4 is 20.5 Å². The van der Waals surface area contributed by atoms with Crippen molar-refractivity contribution in [1.82, 2.24) is 0 Å². The normalized spacial score (nSPS) is 15.1. The maximum atomic E-state index is 12.7. The molecule has 0 saturated carbocycles. The predicted octanol–water partition coefficient (Wildman–Crippen LogP) is 3.75. The highest BCUT2D eigenvalue weighted by atomic mass is 16.5. The lowest BCUT2D eigenvalue weighted by molar-refractivity contribution is -0.139. The number of hydrogen-bond acceptors (Lipinski definition) is 8. The van der Waals surface area contributed by atoms with E-state index in [1.54, 1.807) is 51.1 Å². The number of nitrogens with two attached hydrogens (primary N) is 1. The first-order chi connectivity index (χ1) is 16.9. The van der Waals surface area contributed by atoms with Gasteiger partial charge in [-0.05, 0) is 50.6 Å². The second-order valence-electron chi connectivity index (χ2n) is 7.46. The number of benzene rings is 2. The quantitative estimate of drug-likeness (QED) is 0.522. The number of allylic oxidation sites excluding steroid dienone is 2. The minimum Gasteiger partial charge on any atom is -0.490 e. The Labute approximate surface area is 203 Å². The molecule has 35 heavy (non-hydrogen) atoms. The minimum atomic E-state index is -0.817. The summed E-state index contributed by atoms with van der Waals surface area (Å²) in [7, 11) is 0. The summed E-state index contributed by atoms with van der Waals surface area (Å²) in [6.45, 7) is 5.33. The molecule has 0 aliphatic carbocycles. The largest absolute Gasteiger partial charge is 0.490 e. The molecule has 182 valence electrons. The van der Waals surface area contributed by atoms with Gasteiger partial charge in [0.15, 0.2) is 18.1 Å². The molecular formula is C26H27N3O6. The third-order valence-corrected chi connectivity index (χ3v) is 5.12. The van der Waals surface area contributed by atoms with Crippen LogP contribution in [0, 0.1) is 11.3 Å². The SMILES string of the molecule is CCOC(=O)C1=C(C)OC(N)=C(C#N)C1c1ccc(OCC(=O)Nc2ccccc2)c(OCC)c1. The van der Waals surface area contributed by atoms with Crippen molar-refractivity contribution in [2.45, 2.75) is 26.7 Å². The maximum Gasteiger partial charge on any atom is 0.338 e. The van der Waals surface area contributed by atoms with E-state index in [9.17, 15) is 14.9 Å². The van der Waals surface area contributed by atoms with E-state index < -0.39 is 11.9 Å². The van der Waals surface area contributed by atoms with E-state index in [-0.39, 0.29) is 41.9 Å². The Kier molecular flexibility index (Phi) is 8.35. The van der Waals surface area contributed by atoms with E-state index in [0.29, 0.717) is 29.4 Å². The Morgan fingerprint density at radius 1 is 1.09 bits per heavy atom. The summed E-state index contributed by atoms with van der Waals surface area (Å²) in [6, 6.07) is 16.0. The van der Waals surface area contributed by atoms with Gasteiger partial charge in [0, 0.05) is 5.69 Å². The highest BCUT2D eigenvalue weighted by Gasteiger charge is 2.36. The Morgan fingerprint density at radius 2 is 1.83 bits per heavy atom. The topological polar surface area (TPSA) is 133 Å². The first-order valence-corrected chi connectivity index (χ1v) is 11.1. The van der Waals surface area contributed by atoms with Crippen molar-refractivity contribution < 1.29 is 28.5 Å². The number of hydrogen-bond donors (Lipinski definition) is 2. The zero-order valence-corrected chi connectivity index (χ0v) is 19.8. The van der Waals surface area contributed by atoms with Crippen LogP contribution >= 0.6 is 0 Å². The number of nitriles is 1. The molecule has 2 aromatic rings. The molecule has 1 heterocycles. The Hall–Kier alpha value is -4.45. The molecule has 0 radical (unpaired) electrons. The van der Waals surface area contributed by atoms with E-state index in [0.717, 1.165) is 0 Å². The molecule has 3 N–H and O–H groups in total. The molecule has 9 nitrogen and oxygen atoms in total. The van der Waals surface area contributed by atoms with Crippen molar-refractivity contribution in [2.75, 3.05) is 25.1 Å². The van der Waals surface area contributed by atoms with Crippen molar-refractivity contribution in [2.24, 2.45) is 5.73 Å². The molecule has 1 aliphatic rings. The van der Waals surface area contributed by atoms with Crippen molar-refractivity contribution in [3.8, 4) is 17.6 Å². The van der Waals surface area contributed by atoms with Gasteiger partial charge >= 0.3 is 5.97 Å². The van der Waals surface area contributed by atoms with Gasteiger partial charge in [-0.1, -0.05) is 24.3 Å². The van der Waals surface area contributed by atoms with Crippen LogP contribution in [0.3, 0.4) is 0 Å². The number of anilines is 1. The molecule has 2 aromatic carbocycles. The molecule has 1 atom stereocenters. The number of carbonyl (C=O) groups is 2. The minimum absolute atomic E-state index is 0.0806. The van der Waals surface area contributed by atoms with Crippen molar-refractivity contribution in [1.29, 1.82) is 5.26 Å². The highest BCUT2D eigenvalue weighted by molar-refractivity contribution is 5.93. The van der Waals surface area contributed by atoms with Crippen LogP contribution in [0.4, 0.5) is 5.69 Å². The fourth-order valence-corrected chi connectivity index (χ4v) is 3.64. The number of esters is 1. The van der Waals surface area contributed by atoms with Crippen LogP contribution in [0.5, 0.6) is 11.5 Å². The number of nitrogens with one attached hydrogen (secondary N) is 1. The van der Waals surface area contributed by atoms with E-state index in [4.69, 9.17) is 24.7 Å². The van der Waals surface area contributed by atoms with Gasteiger partial charge in [-0.2, -0.15) is 5.26 Å². The van der Waals surface area contributed by atoms with Crippen LogP contribution in [-0.4, -0.2) is 31.7 Å². The maximum absolute atomic E-state index is 12.7. The van der Waals surface area contributed by atoms with Gasteiger partial charge in [0.1, 0.15) is 17.4 Å². The number of carbonyl (C=O) groups excluding carboxylic acids is 2. The Balaban J connectivity index is 1.90. The van der Waals surface area contributed by atoms with Gasteiger partial charge in [0.2, 0.25) is 5.88 Å². The summed E-state index contributed by atoms with van der Waals surface area (Å²) < 4.78 is 22.1. The standard InChI is InChI=1S/C26H27N3O6/c1-4-32-21-13-17(11-12-20(21)34-15-22(30)29-18-9-7-6-8-10-18)24-19(14-27)25(28)35-16(3)23(24)26(31)33-5-2/h6-13,24H,4-5,15,28H2,1-3H3,(H,29,30). The summed E-state index contributed by atoms with van der Waals surface area (Å²) >= 11 is 0. The van der Waals surface area contributed by atoms with Gasteiger partial charge in [0.05, 0.1) is 24.7 Å². The number of ether oxygens (including phenoxy) is 4. The summed E-state index contributed by atoms with van der Waals surface area (Å²) in [5, 5.41) is 12.5. The van der Waals surface area contributed by atoms with E-state index in [1.165, 1.54) is 0 Å². The molecule has 3 rings (SSSR count). The third kappa shape index (κ3) is 5.92. The summed E-state index contributed by atoms with van der Waals surface area (Å²) in [6.07, 6.45) is 0. The predicted molar refractivity (Wildman–Crippen MR) is 128 cm³/mol. The zero-order valence-electron chi connectivity index (χ0n) is 19.8. The zero-order chi connectivity index (χ0) is 25.4. The summed E-state index contributed by atoms with van der Waals surface area (Å²) in [5.74, 6) is -0.911. The lowest BCUT2D eigenvalue weighted by Crippen LogP contribution is -2.25. The smallest absolute Gasteiger partial charge is 0.338 e. The van der Waals surface area contributed by atoms with Crippen LogP contribution in [0.25, 0.3) is 0 Å². The molecule has 0 saturated heterocycles. The first kappa shape index (κ1) is 25.2. The van der Waals surface area contributed by atoms with Crippen LogP contribution in [-0.2, 0) is 19.1 Å². The lowest BCUT2D eigenvalue weighted by Gasteiger charge is -2.27. The summed E-state index contributed by atoms with van der Waals surface area (Å²) in [5.41, 5.74) is 7.43. The number of nitrogens with zero attached hydrogens (tertiary/aromatic N) is 1. The first-order valence-electron chi connectivity index (χ1n) is 11.1. The van der Waals surface area contributed by atoms with Crippen LogP contribution in [0.15, 0.2) is 71.3 Å². The molecule has 0 aromatic heterocycles. The van der Waals surface area contributed by atoms with Crippen LogP contribution in [0.2, 0.25) is 0 Å². The van der Waals surface area contributed by atoms with Crippen molar-refractivity contribution >= 4 is 17.6 Å². The van der Waals surface area contributed by atoms with Gasteiger partial charge in [-0.15, -0.1) is 0 Å². The van der Waals surface area contributed by atoms with E-state index in [1.807, 2.05) is 24.3 Å². The molecule has 1 aliphatic heterocycles. The van der Waals surface area contributed by atoms with Gasteiger partial charge in [0.25, 0.3) is 5.91 Å². The molecule has 0 bridgehead atoms. The lowest BCUT2D eigenvalue weighted by atomic mass is 9.83. The molecule has 0 fully saturated rings. The highest BCUT2D eigenvalue weighted by Crippen LogP contribution is 2.42. The molecule has 0 spiro atoms. The average Bonchev–Trinajstić information content (AvgIpc) is 2.83. The second-order valence-corrected chi connectivity index (χ2v) is 7.46. The van der Waals surface area contributed by atoms with Gasteiger partial charge in [-0.25, -0.2) is 4.79 Å². The van der Waals surface area contributed by atoms with E-state index in [2.05, 4.69) is 5.32 Å². The summed E-state index contributed by atoms with van der Waals surface area (Å²) in [4.78, 5) is 25.0. The number of rotatable bonds is 9. The van der Waals surface area contributed by atoms with Crippen molar-refractivity contribution in [3.05, 3.63) is 76.9 Å². The number of amides is 1. The fraction of sp³-hybridized carbons (Fsp3) is 0.269. The van der Waals surface area contributed by atoms with E-state index >= 15 is 0 Å². The molecule has 1 unspecified atom stereocenters. The third-order valence-electron chi connectivity index (χ3n) is 5.12. The molecule has 9 heteroatoms. The van der Waals surface area contributed by atoms with Crippen molar-refractivity contribution in [3.63, 3.8) is 0 Å². The van der Waals surface area contributed by atoms with Crippen LogP contribution in [0.1, 0.15) is 32.3 Å². The molecular weight excluding hydrogens is 450 g/mol. The fourth-order valence-electron chi connectivity index (χ4n) is 3.64. The van der Waals surface area contributed by atoms with Gasteiger partial charge < -0.3 is 30.0 Å². The number of para-hydroxylation sites is 1. The average molecular weight is 478 g/mol. The van der Waals surface area contributed by atoms with Gasteiger partial charge in [-0.3, -0.25) is 4.79 Å². The Morgan fingerprint density at radius 3 is 2.49 bits per heavy atom. The molecule has 1 amide bonds.